The molecule has 90 valence electrons. The molecule has 1 aliphatic rings. The number of hydrogen-bond donors (Lipinski definition) is 1. The molecule has 1 unspecified atom stereocenters. The Morgan fingerprint density at radius 3 is 2.20 bits per heavy atom. The summed E-state index contributed by atoms with van der Waals surface area (Å²) < 4.78 is 0. The minimum absolute atomic E-state index is 0.764. The van der Waals surface area contributed by atoms with Crippen LogP contribution >= 0.6 is 0 Å². The molecule has 1 rings (SSSR count). The first-order chi connectivity index (χ1) is 7.19. The maximum Gasteiger partial charge on any atom is 0.0119 e. The zero-order valence-electron chi connectivity index (χ0n) is 10.9. The van der Waals surface area contributed by atoms with Crippen LogP contribution in [0.2, 0.25) is 0 Å². The van der Waals surface area contributed by atoms with Gasteiger partial charge in [-0.25, -0.2) is 0 Å². The van der Waals surface area contributed by atoms with Gasteiger partial charge in [0.05, 0.1) is 0 Å². The van der Waals surface area contributed by atoms with E-state index >= 15 is 0 Å². The molecule has 0 heterocycles. The summed E-state index contributed by atoms with van der Waals surface area (Å²) in [4.78, 5) is 2.48. The average molecular weight is 212 g/mol. The molecule has 2 nitrogen and oxygen atoms in total. The summed E-state index contributed by atoms with van der Waals surface area (Å²) >= 11 is 0. The molecule has 0 aromatic carbocycles. The molecule has 0 amide bonds. The second kappa shape index (κ2) is 6.49. The Balaban J connectivity index is 2.16. The van der Waals surface area contributed by atoms with Crippen molar-refractivity contribution in [2.45, 2.75) is 46.6 Å². The van der Waals surface area contributed by atoms with Gasteiger partial charge in [0.1, 0.15) is 0 Å². The zero-order valence-corrected chi connectivity index (χ0v) is 10.9. The van der Waals surface area contributed by atoms with Crippen molar-refractivity contribution in [1.82, 2.24) is 10.2 Å². The van der Waals surface area contributed by atoms with Gasteiger partial charge < -0.3 is 10.2 Å². The third-order valence-corrected chi connectivity index (χ3v) is 3.55. The van der Waals surface area contributed by atoms with Gasteiger partial charge in [0.2, 0.25) is 0 Å². The van der Waals surface area contributed by atoms with Crippen LogP contribution in [0.1, 0.15) is 40.5 Å². The predicted octanol–water partition coefficient (Wildman–Crippen LogP) is 2.35. The zero-order chi connectivity index (χ0) is 11.3. The fraction of sp³-hybridized carbons (Fsp3) is 1.00. The van der Waals surface area contributed by atoms with Crippen LogP contribution < -0.4 is 5.32 Å². The van der Waals surface area contributed by atoms with Crippen LogP contribution in [0.4, 0.5) is 0 Å². The summed E-state index contributed by atoms with van der Waals surface area (Å²) in [6.45, 7) is 13.9. The Hall–Kier alpha value is -0.0800. The van der Waals surface area contributed by atoms with E-state index in [0.717, 1.165) is 24.4 Å². The smallest absolute Gasteiger partial charge is 0.0119 e. The standard InChI is InChI=1S/C13H28N2/c1-5-15(6-2)10-9-14-13(11(3)4)12-7-8-12/h11-14H,5-10H2,1-4H3. The fourth-order valence-electron chi connectivity index (χ4n) is 2.33. The SMILES string of the molecule is CCN(CC)CCNC(C(C)C)C1CC1. The molecule has 1 fully saturated rings. The van der Waals surface area contributed by atoms with E-state index < -0.39 is 0 Å². The third-order valence-electron chi connectivity index (χ3n) is 3.55. The van der Waals surface area contributed by atoms with Gasteiger partial charge in [-0.15, -0.1) is 0 Å². The monoisotopic (exact) mass is 212 g/mol. The third kappa shape index (κ3) is 4.52. The Bertz CT molecular complexity index is 158. The molecular formula is C13H28N2. The van der Waals surface area contributed by atoms with Crippen LogP contribution in [0.25, 0.3) is 0 Å². The predicted molar refractivity (Wildman–Crippen MR) is 67.1 cm³/mol. The second-order valence-corrected chi connectivity index (χ2v) is 5.09. The van der Waals surface area contributed by atoms with Gasteiger partial charge >= 0.3 is 0 Å². The van der Waals surface area contributed by atoms with E-state index in [0.29, 0.717) is 0 Å². The highest BCUT2D eigenvalue weighted by Crippen LogP contribution is 2.35. The second-order valence-electron chi connectivity index (χ2n) is 5.09. The van der Waals surface area contributed by atoms with Crippen molar-refractivity contribution < 1.29 is 0 Å². The molecule has 0 spiro atoms. The molecule has 0 saturated heterocycles. The Labute approximate surface area is 95.4 Å². The molecular weight excluding hydrogens is 184 g/mol. The van der Waals surface area contributed by atoms with Gasteiger partial charge in [-0.05, 0) is 37.8 Å². The molecule has 15 heavy (non-hydrogen) atoms. The Morgan fingerprint density at radius 2 is 1.80 bits per heavy atom. The van der Waals surface area contributed by atoms with Gasteiger partial charge in [0.15, 0.2) is 0 Å². The van der Waals surface area contributed by atoms with E-state index in [1.165, 1.54) is 32.5 Å². The number of nitrogens with one attached hydrogen (secondary N) is 1. The van der Waals surface area contributed by atoms with E-state index in [1.54, 1.807) is 0 Å². The van der Waals surface area contributed by atoms with Crippen molar-refractivity contribution >= 4 is 0 Å². The quantitative estimate of drug-likeness (QED) is 0.664. The van der Waals surface area contributed by atoms with Crippen molar-refractivity contribution in [1.29, 1.82) is 0 Å². The van der Waals surface area contributed by atoms with Crippen LogP contribution in [0.3, 0.4) is 0 Å². The Kier molecular flexibility index (Phi) is 5.62. The lowest BCUT2D eigenvalue weighted by Crippen LogP contribution is -2.40. The van der Waals surface area contributed by atoms with Gasteiger partial charge in [-0.3, -0.25) is 0 Å². The summed E-state index contributed by atoms with van der Waals surface area (Å²) in [5, 5.41) is 3.74. The van der Waals surface area contributed by atoms with Crippen molar-refractivity contribution in [3.05, 3.63) is 0 Å². The average Bonchev–Trinajstić information content (AvgIpc) is 3.01. The van der Waals surface area contributed by atoms with Gasteiger partial charge in [-0.1, -0.05) is 27.7 Å². The molecule has 1 aliphatic carbocycles. The maximum absolute atomic E-state index is 3.74. The van der Waals surface area contributed by atoms with E-state index in [2.05, 4.69) is 37.9 Å². The Morgan fingerprint density at radius 1 is 1.20 bits per heavy atom. The first kappa shape index (κ1) is 13.0. The lowest BCUT2D eigenvalue weighted by atomic mass is 10.00. The summed E-state index contributed by atoms with van der Waals surface area (Å²) in [6.07, 6.45) is 2.89. The van der Waals surface area contributed by atoms with E-state index in [-0.39, 0.29) is 0 Å². The lowest BCUT2D eigenvalue weighted by molar-refractivity contribution is 0.279. The first-order valence-corrected chi connectivity index (χ1v) is 6.64. The summed E-state index contributed by atoms with van der Waals surface area (Å²) in [5.41, 5.74) is 0. The molecule has 0 bridgehead atoms. The maximum atomic E-state index is 3.74. The first-order valence-electron chi connectivity index (χ1n) is 6.64. The summed E-state index contributed by atoms with van der Waals surface area (Å²) in [7, 11) is 0. The molecule has 0 aromatic heterocycles. The highest BCUT2D eigenvalue weighted by molar-refractivity contribution is 4.88. The fourth-order valence-corrected chi connectivity index (χ4v) is 2.33. The highest BCUT2D eigenvalue weighted by atomic mass is 15.1. The van der Waals surface area contributed by atoms with Gasteiger partial charge in [-0.2, -0.15) is 0 Å². The minimum Gasteiger partial charge on any atom is -0.312 e. The van der Waals surface area contributed by atoms with Crippen molar-refractivity contribution in [3.63, 3.8) is 0 Å². The highest BCUT2D eigenvalue weighted by Gasteiger charge is 2.32. The molecule has 0 aromatic rings. The number of nitrogens with zero attached hydrogens (tertiary/aromatic N) is 1. The van der Waals surface area contributed by atoms with Crippen LogP contribution in [0, 0.1) is 11.8 Å². The van der Waals surface area contributed by atoms with E-state index in [9.17, 15) is 0 Å². The van der Waals surface area contributed by atoms with Crippen LogP contribution in [-0.2, 0) is 0 Å². The van der Waals surface area contributed by atoms with Crippen molar-refractivity contribution in [2.24, 2.45) is 11.8 Å². The molecule has 2 heteroatoms. The van der Waals surface area contributed by atoms with Crippen molar-refractivity contribution in [2.75, 3.05) is 26.2 Å². The van der Waals surface area contributed by atoms with Gasteiger partial charge in [0, 0.05) is 19.1 Å². The normalized spacial score (nSPS) is 18.8. The number of likely N-dealkylation sites (N-methyl/N-ethyl adjacent to an activating group) is 1. The summed E-state index contributed by atoms with van der Waals surface area (Å²) in [6, 6.07) is 0.764. The van der Waals surface area contributed by atoms with Gasteiger partial charge in [0.25, 0.3) is 0 Å². The number of hydrogen-bond acceptors (Lipinski definition) is 2. The molecule has 1 N–H and O–H groups in total. The molecule has 1 saturated carbocycles. The number of rotatable bonds is 8. The molecule has 0 radical (unpaired) electrons. The lowest BCUT2D eigenvalue weighted by Gasteiger charge is -2.24. The minimum atomic E-state index is 0.764. The summed E-state index contributed by atoms with van der Waals surface area (Å²) in [5.74, 6) is 1.76. The largest absolute Gasteiger partial charge is 0.312 e. The van der Waals surface area contributed by atoms with Crippen LogP contribution in [0.15, 0.2) is 0 Å². The topological polar surface area (TPSA) is 15.3 Å². The van der Waals surface area contributed by atoms with E-state index in [1.807, 2.05) is 0 Å². The van der Waals surface area contributed by atoms with Crippen LogP contribution in [0.5, 0.6) is 0 Å². The molecule has 0 aliphatic heterocycles. The molecule has 1 atom stereocenters. The van der Waals surface area contributed by atoms with Crippen molar-refractivity contribution in [3.8, 4) is 0 Å². The van der Waals surface area contributed by atoms with E-state index in [4.69, 9.17) is 0 Å². The van der Waals surface area contributed by atoms with Crippen LogP contribution in [-0.4, -0.2) is 37.1 Å².